The van der Waals surface area contributed by atoms with Crippen LogP contribution in [-0.2, 0) is 5.41 Å². The Hall–Kier alpha value is -1.64. The molecule has 0 unspecified atom stereocenters. The van der Waals surface area contributed by atoms with Crippen LogP contribution in [0.4, 0.5) is 5.13 Å². The summed E-state index contributed by atoms with van der Waals surface area (Å²) in [5.74, 6) is 2.49. The van der Waals surface area contributed by atoms with E-state index >= 15 is 0 Å². The summed E-state index contributed by atoms with van der Waals surface area (Å²) in [6, 6.07) is 4.04. The molecule has 0 spiro atoms. The van der Waals surface area contributed by atoms with Gasteiger partial charge in [0, 0.05) is 5.41 Å². The van der Waals surface area contributed by atoms with E-state index in [4.69, 9.17) is 0 Å². The van der Waals surface area contributed by atoms with Crippen molar-refractivity contribution >= 4 is 45.0 Å². The number of aryl methyl sites for hydroxylation is 1. The van der Waals surface area contributed by atoms with Crippen LogP contribution in [0.25, 0.3) is 9.88 Å². The average Bonchev–Trinajstić information content (AvgIpc) is 3.41. The molecule has 1 N–H and O–H groups in total. The van der Waals surface area contributed by atoms with E-state index in [-0.39, 0.29) is 11.3 Å². The molecule has 7 rings (SSSR count). The number of thiazole rings is 1. The summed E-state index contributed by atoms with van der Waals surface area (Å²) in [6.45, 7) is 1.89. The molecule has 0 aliphatic heterocycles. The first-order valence-corrected chi connectivity index (χ1v) is 12.8. The molecule has 3 heterocycles. The number of hydrogen-bond acceptors (Lipinski definition) is 7. The van der Waals surface area contributed by atoms with E-state index in [9.17, 15) is 4.79 Å². The van der Waals surface area contributed by atoms with Gasteiger partial charge in [-0.05, 0) is 74.6 Å². The molecule has 3 aromatic heterocycles. The maximum atomic E-state index is 12.9. The van der Waals surface area contributed by atoms with Gasteiger partial charge in [0.1, 0.15) is 14.9 Å². The fourth-order valence-electron chi connectivity index (χ4n) is 6.13. The van der Waals surface area contributed by atoms with E-state index < -0.39 is 0 Å². The largest absolute Gasteiger partial charge is 0.296 e. The number of aromatic nitrogens is 3. The predicted octanol–water partition coefficient (Wildman–Crippen LogP) is 5.75. The minimum Gasteiger partial charge on any atom is -0.296 e. The Morgan fingerprint density at radius 1 is 1.10 bits per heavy atom. The third-order valence-electron chi connectivity index (χ3n) is 6.87. The number of nitrogens with zero attached hydrogens (tertiary/aromatic N) is 3. The Morgan fingerprint density at radius 3 is 2.48 bits per heavy atom. The van der Waals surface area contributed by atoms with Gasteiger partial charge in [0.2, 0.25) is 5.13 Å². The van der Waals surface area contributed by atoms with Crippen molar-refractivity contribution in [2.45, 2.75) is 50.9 Å². The van der Waals surface area contributed by atoms with Gasteiger partial charge < -0.3 is 0 Å². The molecule has 5 nitrogen and oxygen atoms in total. The van der Waals surface area contributed by atoms with Gasteiger partial charge in [-0.25, -0.2) is 4.98 Å². The molecular formula is C21H22N4OS3. The van der Waals surface area contributed by atoms with Crippen LogP contribution in [-0.4, -0.2) is 21.1 Å². The molecule has 0 atom stereocenters. The van der Waals surface area contributed by atoms with Crippen molar-refractivity contribution in [2.75, 3.05) is 5.32 Å². The Morgan fingerprint density at radius 2 is 1.83 bits per heavy atom. The van der Waals surface area contributed by atoms with Gasteiger partial charge >= 0.3 is 0 Å². The summed E-state index contributed by atoms with van der Waals surface area (Å²) in [6.07, 6.45) is 8.04. The lowest BCUT2D eigenvalue weighted by molar-refractivity contribution is -0.00555. The van der Waals surface area contributed by atoms with E-state index in [1.165, 1.54) is 49.9 Å². The van der Waals surface area contributed by atoms with Crippen molar-refractivity contribution in [3.8, 4) is 9.88 Å². The van der Waals surface area contributed by atoms with E-state index in [0.29, 0.717) is 10.0 Å². The fourth-order valence-corrected chi connectivity index (χ4v) is 8.84. The molecule has 4 aliphatic carbocycles. The maximum Gasteiger partial charge on any atom is 0.269 e. The van der Waals surface area contributed by atoms with Crippen LogP contribution in [0.5, 0.6) is 0 Å². The van der Waals surface area contributed by atoms with Crippen molar-refractivity contribution in [3.63, 3.8) is 0 Å². The van der Waals surface area contributed by atoms with Gasteiger partial charge in [0.15, 0.2) is 0 Å². The highest BCUT2D eigenvalue weighted by atomic mass is 32.1. The third-order valence-corrected chi connectivity index (χ3v) is 10.2. The third kappa shape index (κ3) is 3.07. The molecule has 4 saturated carbocycles. The summed E-state index contributed by atoms with van der Waals surface area (Å²) in [4.78, 5) is 19.2. The number of rotatable bonds is 4. The highest BCUT2D eigenvalue weighted by Crippen LogP contribution is 2.61. The van der Waals surface area contributed by atoms with Gasteiger partial charge in [0.05, 0.1) is 10.6 Å². The second-order valence-electron chi connectivity index (χ2n) is 8.98. The highest BCUT2D eigenvalue weighted by Gasteiger charge is 2.53. The smallest absolute Gasteiger partial charge is 0.269 e. The number of carbonyl (C=O) groups excluding carboxylic acids is 1. The summed E-state index contributed by atoms with van der Waals surface area (Å²) in [5.41, 5.74) is 0.990. The van der Waals surface area contributed by atoms with E-state index in [0.717, 1.165) is 38.3 Å². The lowest BCUT2D eigenvalue weighted by Gasteiger charge is -2.55. The minimum atomic E-state index is -0.129. The number of anilines is 1. The maximum absolute atomic E-state index is 12.9. The van der Waals surface area contributed by atoms with Gasteiger partial charge in [-0.2, -0.15) is 0 Å². The van der Waals surface area contributed by atoms with Crippen LogP contribution >= 0.6 is 34.0 Å². The topological polar surface area (TPSA) is 67.8 Å². The molecule has 0 saturated heterocycles. The van der Waals surface area contributed by atoms with Gasteiger partial charge in [-0.15, -0.1) is 32.9 Å². The molecule has 29 heavy (non-hydrogen) atoms. The number of hydrogen-bond donors (Lipinski definition) is 1. The van der Waals surface area contributed by atoms with Gasteiger partial charge in [0.25, 0.3) is 5.91 Å². The number of amides is 1. The zero-order valence-electron chi connectivity index (χ0n) is 16.2. The molecule has 4 bridgehead atoms. The van der Waals surface area contributed by atoms with Crippen molar-refractivity contribution in [1.29, 1.82) is 0 Å². The zero-order valence-corrected chi connectivity index (χ0v) is 18.6. The van der Waals surface area contributed by atoms with Gasteiger partial charge in [-0.3, -0.25) is 10.1 Å². The summed E-state index contributed by atoms with van der Waals surface area (Å²) in [5, 5.41) is 16.6. The van der Waals surface area contributed by atoms with Crippen molar-refractivity contribution in [1.82, 2.24) is 15.2 Å². The van der Waals surface area contributed by atoms with Crippen LogP contribution < -0.4 is 5.32 Å². The standard InChI is InChI=1S/C21H22N4OS3/c1-11-16(28-18(22-11)15-3-2-4-27-15)17(26)23-20-25-24-19(29-20)21-8-12-5-13(9-21)7-14(6-12)10-21/h2-4,12-14H,5-10H2,1H3,(H,23,25,26). The van der Waals surface area contributed by atoms with Gasteiger partial charge in [-0.1, -0.05) is 17.4 Å². The molecule has 1 amide bonds. The predicted molar refractivity (Wildman–Crippen MR) is 118 cm³/mol. The first kappa shape index (κ1) is 18.2. The number of nitrogens with one attached hydrogen (secondary N) is 1. The van der Waals surface area contributed by atoms with Crippen LogP contribution in [0.15, 0.2) is 17.5 Å². The van der Waals surface area contributed by atoms with Crippen molar-refractivity contribution in [2.24, 2.45) is 17.8 Å². The van der Waals surface area contributed by atoms with Crippen LogP contribution in [0, 0.1) is 24.7 Å². The lowest BCUT2D eigenvalue weighted by Crippen LogP contribution is -2.48. The monoisotopic (exact) mass is 442 g/mol. The summed E-state index contributed by atoms with van der Waals surface area (Å²) < 4.78 is 0. The minimum absolute atomic E-state index is 0.129. The quantitative estimate of drug-likeness (QED) is 0.558. The van der Waals surface area contributed by atoms with Crippen LogP contribution in [0.3, 0.4) is 0 Å². The average molecular weight is 443 g/mol. The summed E-state index contributed by atoms with van der Waals surface area (Å²) >= 11 is 4.67. The fraction of sp³-hybridized carbons (Fsp3) is 0.524. The molecule has 0 aromatic carbocycles. The normalized spacial score (nSPS) is 30.0. The molecule has 150 valence electrons. The molecule has 4 aliphatic rings. The Bertz CT molecular complexity index is 1030. The lowest BCUT2D eigenvalue weighted by atomic mass is 9.50. The molecule has 3 aromatic rings. The Kier molecular flexibility index (Phi) is 4.18. The van der Waals surface area contributed by atoms with Crippen molar-refractivity contribution < 1.29 is 4.79 Å². The Balaban J connectivity index is 1.22. The first-order chi connectivity index (χ1) is 14.1. The van der Waals surface area contributed by atoms with E-state index in [2.05, 4.69) is 20.5 Å². The van der Waals surface area contributed by atoms with E-state index in [1.807, 2.05) is 24.4 Å². The molecule has 0 radical (unpaired) electrons. The second-order valence-corrected chi connectivity index (χ2v) is 11.9. The number of carbonyl (C=O) groups is 1. The van der Waals surface area contributed by atoms with Crippen LogP contribution in [0.2, 0.25) is 0 Å². The zero-order chi connectivity index (χ0) is 19.6. The first-order valence-electron chi connectivity index (χ1n) is 10.2. The van der Waals surface area contributed by atoms with Crippen LogP contribution in [0.1, 0.15) is 58.9 Å². The van der Waals surface area contributed by atoms with E-state index in [1.54, 1.807) is 22.7 Å². The van der Waals surface area contributed by atoms with Crippen molar-refractivity contribution in [3.05, 3.63) is 33.1 Å². The SMILES string of the molecule is Cc1nc(-c2cccs2)sc1C(=O)Nc1nnc(C23CC4CC(CC(C4)C2)C3)s1. The summed E-state index contributed by atoms with van der Waals surface area (Å²) in [7, 11) is 0. The Labute approximate surface area is 181 Å². The second kappa shape index (κ2) is 6.68. The molecular weight excluding hydrogens is 420 g/mol. The molecule has 4 fully saturated rings. The highest BCUT2D eigenvalue weighted by molar-refractivity contribution is 7.22. The molecule has 8 heteroatoms. The number of thiophene rings is 1.